The van der Waals surface area contributed by atoms with Crippen molar-refractivity contribution in [3.63, 3.8) is 0 Å². The lowest BCUT2D eigenvalue weighted by molar-refractivity contribution is 0.372. The van der Waals surface area contributed by atoms with E-state index in [-0.39, 0.29) is 5.69 Å². The molecule has 0 radical (unpaired) electrons. The van der Waals surface area contributed by atoms with Gasteiger partial charge >= 0.3 is 5.69 Å². The number of nitrogens with zero attached hydrogens (tertiary/aromatic N) is 1. The number of piperidine rings is 1. The molecule has 2 N–H and O–H groups in total. The van der Waals surface area contributed by atoms with Crippen molar-refractivity contribution < 1.29 is 0 Å². The van der Waals surface area contributed by atoms with Gasteiger partial charge in [-0.1, -0.05) is 0 Å². The van der Waals surface area contributed by atoms with Crippen LogP contribution in [0.3, 0.4) is 0 Å². The Balaban J connectivity index is 1.96. The molecule has 1 aromatic heterocycles. The molecule has 0 amide bonds. The molecule has 0 saturated carbocycles. The molecular formula is C10H15N3O. The van der Waals surface area contributed by atoms with Crippen LogP contribution < -0.4 is 11.0 Å². The molecule has 14 heavy (non-hydrogen) atoms. The predicted molar refractivity (Wildman–Crippen MR) is 54.2 cm³/mol. The number of hydrogen-bond acceptors (Lipinski definition) is 3. The minimum Gasteiger partial charge on any atom is -0.317 e. The van der Waals surface area contributed by atoms with Crippen LogP contribution in [0.2, 0.25) is 0 Å². The van der Waals surface area contributed by atoms with Gasteiger partial charge in [0.1, 0.15) is 0 Å². The smallest absolute Gasteiger partial charge is 0.317 e. The second-order valence-electron chi connectivity index (χ2n) is 3.82. The van der Waals surface area contributed by atoms with Gasteiger partial charge in [0, 0.05) is 12.4 Å². The molecule has 0 unspecified atom stereocenters. The summed E-state index contributed by atoms with van der Waals surface area (Å²) in [5.74, 6) is 0.740. The second kappa shape index (κ2) is 4.37. The van der Waals surface area contributed by atoms with E-state index in [1.807, 2.05) is 0 Å². The van der Waals surface area contributed by atoms with E-state index in [9.17, 15) is 4.79 Å². The molecule has 4 nitrogen and oxygen atoms in total. The molecule has 1 saturated heterocycles. The molecule has 2 rings (SSSR count). The molecule has 0 aliphatic carbocycles. The lowest BCUT2D eigenvalue weighted by Crippen LogP contribution is -2.28. The molecule has 4 heteroatoms. The van der Waals surface area contributed by atoms with E-state index >= 15 is 0 Å². The Morgan fingerprint density at radius 2 is 2.21 bits per heavy atom. The van der Waals surface area contributed by atoms with Gasteiger partial charge in [0.15, 0.2) is 0 Å². The van der Waals surface area contributed by atoms with Crippen molar-refractivity contribution in [1.82, 2.24) is 15.3 Å². The van der Waals surface area contributed by atoms with Crippen LogP contribution in [0.15, 0.2) is 17.2 Å². The average molecular weight is 193 g/mol. The maximum Gasteiger partial charge on any atom is 0.344 e. The van der Waals surface area contributed by atoms with Gasteiger partial charge in [-0.2, -0.15) is 0 Å². The predicted octanol–water partition coefficient (Wildman–Crippen LogP) is 0.312. The lowest BCUT2D eigenvalue weighted by atomic mass is 9.92. The van der Waals surface area contributed by atoms with Crippen LogP contribution in [0, 0.1) is 5.92 Å². The van der Waals surface area contributed by atoms with Crippen LogP contribution in [0.4, 0.5) is 0 Å². The fourth-order valence-electron chi connectivity index (χ4n) is 1.90. The fourth-order valence-corrected chi connectivity index (χ4v) is 1.90. The van der Waals surface area contributed by atoms with Crippen LogP contribution in [0.5, 0.6) is 0 Å². The first-order chi connectivity index (χ1) is 6.84. The van der Waals surface area contributed by atoms with E-state index in [1.165, 1.54) is 12.8 Å². The Morgan fingerprint density at radius 3 is 2.86 bits per heavy atom. The first-order valence-corrected chi connectivity index (χ1v) is 5.09. The lowest BCUT2D eigenvalue weighted by Gasteiger charge is -2.22. The summed E-state index contributed by atoms with van der Waals surface area (Å²) < 4.78 is 0. The van der Waals surface area contributed by atoms with E-state index in [0.29, 0.717) is 0 Å². The summed E-state index contributed by atoms with van der Waals surface area (Å²) in [6.45, 7) is 2.23. The summed E-state index contributed by atoms with van der Waals surface area (Å²) in [5.41, 5.74) is 0.871. The van der Waals surface area contributed by atoms with Crippen molar-refractivity contribution in [1.29, 1.82) is 0 Å². The molecule has 1 aliphatic rings. The van der Waals surface area contributed by atoms with Crippen molar-refractivity contribution in [3.05, 3.63) is 28.4 Å². The van der Waals surface area contributed by atoms with Crippen LogP contribution >= 0.6 is 0 Å². The quantitative estimate of drug-likeness (QED) is 0.710. The molecule has 1 fully saturated rings. The first-order valence-electron chi connectivity index (χ1n) is 5.09. The van der Waals surface area contributed by atoms with Crippen LogP contribution in [0.1, 0.15) is 18.4 Å². The summed E-state index contributed by atoms with van der Waals surface area (Å²) in [5, 5.41) is 3.34. The number of rotatable bonds is 2. The van der Waals surface area contributed by atoms with Crippen molar-refractivity contribution in [2.45, 2.75) is 19.3 Å². The number of H-pyrrole nitrogens is 1. The van der Waals surface area contributed by atoms with Gasteiger partial charge in [-0.3, -0.25) is 0 Å². The van der Waals surface area contributed by atoms with Crippen LogP contribution in [0.25, 0.3) is 0 Å². The zero-order valence-corrected chi connectivity index (χ0v) is 8.12. The minimum absolute atomic E-state index is 0.265. The van der Waals surface area contributed by atoms with Gasteiger partial charge in [-0.25, -0.2) is 9.78 Å². The molecule has 0 atom stereocenters. The molecule has 0 aromatic carbocycles. The van der Waals surface area contributed by atoms with E-state index in [2.05, 4.69) is 15.3 Å². The molecule has 0 bridgehead atoms. The maximum atomic E-state index is 10.7. The molecule has 0 spiro atoms. The highest BCUT2D eigenvalue weighted by atomic mass is 16.1. The highest BCUT2D eigenvalue weighted by molar-refractivity contribution is 5.03. The Morgan fingerprint density at radius 1 is 1.43 bits per heavy atom. The van der Waals surface area contributed by atoms with Crippen LogP contribution in [-0.2, 0) is 6.42 Å². The van der Waals surface area contributed by atoms with Gasteiger partial charge < -0.3 is 10.3 Å². The number of nitrogens with one attached hydrogen (secondary N) is 2. The Labute approximate surface area is 82.8 Å². The van der Waals surface area contributed by atoms with Crippen molar-refractivity contribution in [3.8, 4) is 0 Å². The summed E-state index contributed by atoms with van der Waals surface area (Å²) in [6.07, 6.45) is 6.93. The zero-order valence-electron chi connectivity index (χ0n) is 8.12. The molecule has 1 aromatic rings. The van der Waals surface area contributed by atoms with Gasteiger partial charge in [0.25, 0.3) is 0 Å². The number of aromatic nitrogens is 2. The normalized spacial score (nSPS) is 18.3. The average Bonchev–Trinajstić information content (AvgIpc) is 2.23. The summed E-state index contributed by atoms with van der Waals surface area (Å²) in [7, 11) is 0. The van der Waals surface area contributed by atoms with E-state index in [0.717, 1.165) is 31.0 Å². The molecule has 76 valence electrons. The highest BCUT2D eigenvalue weighted by Gasteiger charge is 2.13. The van der Waals surface area contributed by atoms with E-state index < -0.39 is 0 Å². The molecule has 2 heterocycles. The van der Waals surface area contributed by atoms with Gasteiger partial charge in [0.2, 0.25) is 0 Å². The minimum atomic E-state index is -0.265. The second-order valence-corrected chi connectivity index (χ2v) is 3.82. The summed E-state index contributed by atoms with van der Waals surface area (Å²) >= 11 is 0. The zero-order chi connectivity index (χ0) is 9.80. The van der Waals surface area contributed by atoms with Gasteiger partial charge in [0.05, 0.1) is 0 Å². The largest absolute Gasteiger partial charge is 0.344 e. The fraction of sp³-hybridized carbons (Fsp3) is 0.600. The summed E-state index contributed by atoms with van der Waals surface area (Å²) in [6, 6.07) is 0. The topological polar surface area (TPSA) is 57.8 Å². The monoisotopic (exact) mass is 193 g/mol. The van der Waals surface area contributed by atoms with Gasteiger partial charge in [-0.05, 0) is 43.8 Å². The van der Waals surface area contributed by atoms with Crippen LogP contribution in [-0.4, -0.2) is 23.1 Å². The third-order valence-electron chi connectivity index (χ3n) is 2.71. The standard InChI is InChI=1S/C10H15N3O/c14-10-12-6-9(7-13-10)5-8-1-3-11-4-2-8/h6-8,11H,1-5H2,(H,12,13,14). The Bertz CT molecular complexity index is 321. The molecular weight excluding hydrogens is 178 g/mol. The van der Waals surface area contributed by atoms with Crippen molar-refractivity contribution in [2.75, 3.05) is 13.1 Å². The van der Waals surface area contributed by atoms with E-state index in [1.54, 1.807) is 12.4 Å². The van der Waals surface area contributed by atoms with Crippen molar-refractivity contribution in [2.24, 2.45) is 5.92 Å². The first kappa shape index (κ1) is 9.40. The Hall–Kier alpha value is -1.16. The third kappa shape index (κ3) is 2.42. The van der Waals surface area contributed by atoms with E-state index in [4.69, 9.17) is 0 Å². The third-order valence-corrected chi connectivity index (χ3v) is 2.71. The number of hydrogen-bond donors (Lipinski definition) is 2. The maximum absolute atomic E-state index is 10.7. The Kier molecular flexibility index (Phi) is 2.93. The summed E-state index contributed by atoms with van der Waals surface area (Å²) in [4.78, 5) is 17.1. The molecule has 1 aliphatic heterocycles. The SMILES string of the molecule is O=c1ncc(CC2CCNCC2)c[nH]1. The highest BCUT2D eigenvalue weighted by Crippen LogP contribution is 2.16. The van der Waals surface area contributed by atoms with Crippen molar-refractivity contribution >= 4 is 0 Å². The van der Waals surface area contributed by atoms with Gasteiger partial charge in [-0.15, -0.1) is 0 Å². The number of aromatic amines is 1.